The number of ketones is 1. The van der Waals surface area contributed by atoms with Crippen molar-refractivity contribution in [3.63, 3.8) is 0 Å². The smallest absolute Gasteiger partial charge is 0.221 e. The van der Waals surface area contributed by atoms with E-state index in [4.69, 9.17) is 0 Å². The molecule has 0 unspecified atom stereocenters. The Labute approximate surface area is 143 Å². The molecule has 1 atom stereocenters. The Balaban J connectivity index is 1.99. The molecule has 23 heavy (non-hydrogen) atoms. The van der Waals surface area contributed by atoms with Crippen LogP contribution in [0.4, 0.5) is 10.8 Å². The number of carbonyl (C=O) groups excluding carboxylic acids is 2. The lowest BCUT2D eigenvalue weighted by molar-refractivity contribution is -0.114. The van der Waals surface area contributed by atoms with E-state index in [2.05, 4.69) is 20.8 Å². The summed E-state index contributed by atoms with van der Waals surface area (Å²) < 4.78 is 0.761. The first-order chi connectivity index (χ1) is 11.0. The third-order valence-electron chi connectivity index (χ3n) is 2.87. The maximum Gasteiger partial charge on any atom is 0.221 e. The number of hydrogen-bond donors (Lipinski definition) is 2. The van der Waals surface area contributed by atoms with Crippen LogP contribution in [-0.4, -0.2) is 33.7 Å². The number of thioether (sulfide) groups is 1. The number of anilines is 2. The summed E-state index contributed by atoms with van der Waals surface area (Å²) in [5.74, 6) is -0.120. The van der Waals surface area contributed by atoms with E-state index in [1.54, 1.807) is 24.3 Å². The Morgan fingerprint density at radius 2 is 1.96 bits per heavy atom. The minimum atomic E-state index is -0.260. The molecule has 0 saturated carbocycles. The molecule has 1 aromatic heterocycles. The highest BCUT2D eigenvalue weighted by atomic mass is 32.2. The first kappa shape index (κ1) is 17.4. The lowest BCUT2D eigenvalue weighted by Gasteiger charge is -2.09. The maximum absolute atomic E-state index is 12.4. The third-order valence-corrected chi connectivity index (χ3v) is 4.94. The minimum Gasteiger partial charge on any atom is -0.360 e. The standard InChI is InChI=1S/C15H18N4O2S2/c1-4-16-14-18-19-15(23-14)22-9(2)13(21)11-5-7-12(8-6-11)17-10(3)20/h5-9H,4H2,1-3H3,(H,16,18)(H,17,20)/t9-/m1/s1. The van der Waals surface area contributed by atoms with Gasteiger partial charge in [0, 0.05) is 24.7 Å². The second kappa shape index (κ2) is 8.07. The van der Waals surface area contributed by atoms with Gasteiger partial charge in [-0.05, 0) is 38.1 Å². The number of aromatic nitrogens is 2. The molecule has 2 N–H and O–H groups in total. The van der Waals surface area contributed by atoms with Gasteiger partial charge in [-0.2, -0.15) is 0 Å². The predicted molar refractivity (Wildman–Crippen MR) is 94.5 cm³/mol. The Morgan fingerprint density at radius 1 is 1.26 bits per heavy atom. The molecular formula is C15H18N4O2S2. The molecule has 2 aromatic rings. The van der Waals surface area contributed by atoms with Gasteiger partial charge >= 0.3 is 0 Å². The Kier molecular flexibility index (Phi) is 6.12. The summed E-state index contributed by atoms with van der Waals surface area (Å²) in [6.45, 7) is 6.07. The first-order valence-electron chi connectivity index (χ1n) is 7.15. The van der Waals surface area contributed by atoms with E-state index in [0.717, 1.165) is 16.0 Å². The van der Waals surface area contributed by atoms with Gasteiger partial charge in [0.25, 0.3) is 0 Å². The van der Waals surface area contributed by atoms with Gasteiger partial charge in [-0.3, -0.25) is 9.59 Å². The fourth-order valence-corrected chi connectivity index (χ4v) is 3.88. The van der Waals surface area contributed by atoms with Crippen molar-refractivity contribution in [2.24, 2.45) is 0 Å². The van der Waals surface area contributed by atoms with Crippen molar-refractivity contribution in [3.8, 4) is 0 Å². The zero-order chi connectivity index (χ0) is 16.8. The van der Waals surface area contributed by atoms with Crippen molar-refractivity contribution in [1.82, 2.24) is 10.2 Å². The van der Waals surface area contributed by atoms with E-state index in [1.165, 1.54) is 30.0 Å². The van der Waals surface area contributed by atoms with Crippen LogP contribution in [0.25, 0.3) is 0 Å². The van der Waals surface area contributed by atoms with Gasteiger partial charge in [0.05, 0.1) is 5.25 Å². The third kappa shape index (κ3) is 5.04. The summed E-state index contributed by atoms with van der Waals surface area (Å²) in [6.07, 6.45) is 0. The van der Waals surface area contributed by atoms with Crippen LogP contribution in [0.2, 0.25) is 0 Å². The van der Waals surface area contributed by atoms with Crippen LogP contribution in [0.15, 0.2) is 28.6 Å². The van der Waals surface area contributed by atoms with Crippen LogP contribution in [0, 0.1) is 0 Å². The zero-order valence-corrected chi connectivity index (χ0v) is 14.8. The van der Waals surface area contributed by atoms with Crippen LogP contribution in [0.1, 0.15) is 31.1 Å². The lowest BCUT2D eigenvalue weighted by Crippen LogP contribution is -2.13. The Morgan fingerprint density at radius 3 is 2.57 bits per heavy atom. The highest BCUT2D eigenvalue weighted by molar-refractivity contribution is 8.02. The summed E-state index contributed by atoms with van der Waals surface area (Å²) in [5.41, 5.74) is 1.28. The fourth-order valence-electron chi connectivity index (χ4n) is 1.84. The molecule has 0 spiro atoms. The monoisotopic (exact) mass is 350 g/mol. The number of amides is 1. The molecular weight excluding hydrogens is 332 g/mol. The molecule has 8 heteroatoms. The van der Waals surface area contributed by atoms with Crippen LogP contribution in [0.5, 0.6) is 0 Å². The highest BCUT2D eigenvalue weighted by Crippen LogP contribution is 2.30. The summed E-state index contributed by atoms with van der Waals surface area (Å²) >= 11 is 2.83. The molecule has 0 fully saturated rings. The summed E-state index contributed by atoms with van der Waals surface area (Å²) in [6, 6.07) is 6.88. The van der Waals surface area contributed by atoms with Crippen molar-refractivity contribution in [2.45, 2.75) is 30.4 Å². The van der Waals surface area contributed by atoms with Crippen molar-refractivity contribution in [2.75, 3.05) is 17.2 Å². The van der Waals surface area contributed by atoms with E-state index < -0.39 is 0 Å². The lowest BCUT2D eigenvalue weighted by atomic mass is 10.1. The van der Waals surface area contributed by atoms with E-state index in [0.29, 0.717) is 11.3 Å². The van der Waals surface area contributed by atoms with Crippen molar-refractivity contribution < 1.29 is 9.59 Å². The van der Waals surface area contributed by atoms with Gasteiger partial charge in [-0.25, -0.2) is 0 Å². The van der Waals surface area contributed by atoms with Gasteiger partial charge in [0.15, 0.2) is 10.1 Å². The number of benzene rings is 1. The first-order valence-corrected chi connectivity index (χ1v) is 8.85. The summed E-state index contributed by atoms with van der Waals surface area (Å²) in [7, 11) is 0. The normalized spacial score (nSPS) is 11.8. The zero-order valence-electron chi connectivity index (χ0n) is 13.1. The fraction of sp³-hybridized carbons (Fsp3) is 0.333. The molecule has 0 bridgehead atoms. The maximum atomic E-state index is 12.4. The Hall–Kier alpha value is -1.93. The predicted octanol–water partition coefficient (Wildman–Crippen LogP) is 3.29. The molecule has 122 valence electrons. The summed E-state index contributed by atoms with van der Waals surface area (Å²) in [4.78, 5) is 23.4. The topological polar surface area (TPSA) is 84.0 Å². The molecule has 1 heterocycles. The number of Topliss-reactive ketones (excluding diaryl/α,β-unsaturated/α-hetero) is 1. The number of carbonyl (C=O) groups is 2. The average Bonchev–Trinajstić information content (AvgIpc) is 2.94. The molecule has 6 nitrogen and oxygen atoms in total. The molecule has 1 amide bonds. The van der Waals surface area contributed by atoms with Gasteiger partial charge < -0.3 is 10.6 Å². The SMILES string of the molecule is CCNc1nnc(S[C@H](C)C(=O)c2ccc(NC(C)=O)cc2)s1. The van der Waals surface area contributed by atoms with Gasteiger partial charge in [0.1, 0.15) is 0 Å². The van der Waals surface area contributed by atoms with E-state index in [-0.39, 0.29) is 16.9 Å². The molecule has 0 aliphatic heterocycles. The molecule has 1 aromatic carbocycles. The van der Waals surface area contributed by atoms with Crippen LogP contribution in [0.3, 0.4) is 0 Å². The van der Waals surface area contributed by atoms with Gasteiger partial charge in [-0.15, -0.1) is 10.2 Å². The number of nitrogens with one attached hydrogen (secondary N) is 2. The second-order valence-electron chi connectivity index (χ2n) is 4.79. The molecule has 0 aliphatic carbocycles. The number of hydrogen-bond acceptors (Lipinski definition) is 7. The van der Waals surface area contributed by atoms with Crippen LogP contribution in [-0.2, 0) is 4.79 Å². The van der Waals surface area contributed by atoms with Crippen molar-refractivity contribution >= 4 is 45.6 Å². The average molecular weight is 350 g/mol. The number of rotatable bonds is 7. The number of nitrogens with zero attached hydrogens (tertiary/aromatic N) is 2. The highest BCUT2D eigenvalue weighted by Gasteiger charge is 2.18. The van der Waals surface area contributed by atoms with Crippen molar-refractivity contribution in [1.29, 1.82) is 0 Å². The quantitative estimate of drug-likeness (QED) is 0.589. The second-order valence-corrected chi connectivity index (χ2v) is 7.35. The Bertz CT molecular complexity index is 685. The van der Waals surface area contributed by atoms with E-state index in [9.17, 15) is 9.59 Å². The molecule has 0 aliphatic rings. The molecule has 2 rings (SSSR count). The molecule has 0 saturated heterocycles. The van der Waals surface area contributed by atoms with Crippen LogP contribution >= 0.6 is 23.1 Å². The van der Waals surface area contributed by atoms with Crippen LogP contribution < -0.4 is 10.6 Å². The van der Waals surface area contributed by atoms with E-state index in [1.807, 2.05) is 13.8 Å². The largest absolute Gasteiger partial charge is 0.360 e. The minimum absolute atomic E-state index is 0.0181. The van der Waals surface area contributed by atoms with E-state index >= 15 is 0 Å². The molecule has 0 radical (unpaired) electrons. The summed E-state index contributed by atoms with van der Waals surface area (Å²) in [5, 5.41) is 14.4. The van der Waals surface area contributed by atoms with Crippen molar-refractivity contribution in [3.05, 3.63) is 29.8 Å². The van der Waals surface area contributed by atoms with Gasteiger partial charge in [0.2, 0.25) is 11.0 Å². The van der Waals surface area contributed by atoms with Gasteiger partial charge in [-0.1, -0.05) is 23.1 Å².